The number of nitrogens with zero attached hydrogens (tertiary/aromatic N) is 2. The van der Waals surface area contributed by atoms with Gasteiger partial charge in [0.15, 0.2) is 5.11 Å². The van der Waals surface area contributed by atoms with Gasteiger partial charge in [-0.05, 0) is 59.2 Å². The number of nitrogens with one attached hydrogen (secondary N) is 1. The van der Waals surface area contributed by atoms with Crippen LogP contribution in [0.4, 0.5) is 5.69 Å². The molecule has 0 radical (unpaired) electrons. The van der Waals surface area contributed by atoms with Crippen LogP contribution in [-0.4, -0.2) is 35.8 Å². The largest absolute Gasteiger partial charge is 0.376 e. The van der Waals surface area contributed by atoms with Crippen molar-refractivity contribution in [1.29, 1.82) is 5.26 Å². The summed E-state index contributed by atoms with van der Waals surface area (Å²) in [6, 6.07) is 7.74. The van der Waals surface area contributed by atoms with Gasteiger partial charge in [0.25, 0.3) is 0 Å². The zero-order valence-corrected chi connectivity index (χ0v) is 15.2. The number of anilines is 1. The highest BCUT2D eigenvalue weighted by atomic mass is 79.9. The van der Waals surface area contributed by atoms with Crippen molar-refractivity contribution < 1.29 is 4.74 Å². The number of nitriles is 1. The van der Waals surface area contributed by atoms with Gasteiger partial charge in [0.1, 0.15) is 0 Å². The number of hydrogen-bond acceptors (Lipinski definition) is 3. The summed E-state index contributed by atoms with van der Waals surface area (Å²) in [7, 11) is 0. The van der Waals surface area contributed by atoms with Crippen LogP contribution in [0.3, 0.4) is 0 Å². The van der Waals surface area contributed by atoms with E-state index in [0.29, 0.717) is 29.6 Å². The summed E-state index contributed by atoms with van der Waals surface area (Å²) >= 11 is 14.9. The second-order valence-corrected chi connectivity index (χ2v) is 6.70. The molecule has 1 N–H and O–H groups in total. The number of halogens is 2. The van der Waals surface area contributed by atoms with Crippen LogP contribution in [0, 0.1) is 11.3 Å². The van der Waals surface area contributed by atoms with Gasteiger partial charge in [-0.15, -0.1) is 0 Å². The molecule has 0 saturated carbocycles. The molecule has 0 aromatic heterocycles. The number of ether oxygens (including phenoxy) is 1. The topological polar surface area (TPSA) is 48.3 Å². The maximum absolute atomic E-state index is 8.82. The molecule has 1 heterocycles. The van der Waals surface area contributed by atoms with E-state index in [2.05, 4.69) is 27.3 Å². The highest BCUT2D eigenvalue weighted by Crippen LogP contribution is 2.25. The summed E-state index contributed by atoms with van der Waals surface area (Å²) in [6.07, 6.45) is 2.73. The van der Waals surface area contributed by atoms with Crippen molar-refractivity contribution >= 4 is 50.5 Å². The Hall–Kier alpha value is -0.870. The molecule has 118 valence electrons. The van der Waals surface area contributed by atoms with Gasteiger partial charge < -0.3 is 15.0 Å². The van der Waals surface area contributed by atoms with E-state index < -0.39 is 0 Å². The second kappa shape index (κ2) is 8.68. The summed E-state index contributed by atoms with van der Waals surface area (Å²) in [4.78, 5) is 1.99. The molecule has 0 amide bonds. The van der Waals surface area contributed by atoms with E-state index in [0.717, 1.165) is 29.6 Å². The molecule has 4 nitrogen and oxygen atoms in total. The molecule has 0 aliphatic carbocycles. The highest BCUT2D eigenvalue weighted by molar-refractivity contribution is 9.10. The second-order valence-electron chi connectivity index (χ2n) is 5.05. The summed E-state index contributed by atoms with van der Waals surface area (Å²) in [5.41, 5.74) is 0.826. The highest BCUT2D eigenvalue weighted by Gasteiger charge is 2.20. The van der Waals surface area contributed by atoms with Crippen LogP contribution >= 0.6 is 39.7 Å². The van der Waals surface area contributed by atoms with Crippen LogP contribution in [0.2, 0.25) is 5.02 Å². The first-order chi connectivity index (χ1) is 10.6. The predicted molar refractivity (Wildman–Crippen MR) is 96.1 cm³/mol. The number of thiocarbonyl (C=S) groups is 1. The standard InChI is InChI=1S/C15H17BrClN3OS/c16-13-5-4-11(9-14(13)17)19-15(22)20(7-2-6-18)10-12-3-1-8-21-12/h4-5,9,12H,1-3,7-8,10H2,(H,19,22). The Morgan fingerprint density at radius 2 is 2.41 bits per heavy atom. The first kappa shape index (κ1) is 17.5. The lowest BCUT2D eigenvalue weighted by molar-refractivity contribution is 0.0922. The third kappa shape index (κ3) is 5.10. The third-order valence-corrected chi connectivity index (χ3v) is 4.99. The molecule has 1 aromatic carbocycles. The van der Waals surface area contributed by atoms with Gasteiger partial charge in [-0.1, -0.05) is 11.6 Å². The average molecular weight is 403 g/mol. The van der Waals surface area contributed by atoms with E-state index in [1.54, 1.807) is 0 Å². The number of benzene rings is 1. The summed E-state index contributed by atoms with van der Waals surface area (Å²) < 4.78 is 6.50. The van der Waals surface area contributed by atoms with Gasteiger partial charge >= 0.3 is 0 Å². The molecule has 22 heavy (non-hydrogen) atoms. The monoisotopic (exact) mass is 401 g/mol. The van der Waals surface area contributed by atoms with Gasteiger partial charge in [0, 0.05) is 29.9 Å². The molecule has 0 bridgehead atoms. The maximum atomic E-state index is 8.82. The predicted octanol–water partition coefficient (Wildman–Crippen LogP) is 4.19. The Morgan fingerprint density at radius 1 is 1.59 bits per heavy atom. The fraction of sp³-hybridized carbons (Fsp3) is 0.467. The van der Waals surface area contributed by atoms with Crippen LogP contribution in [0.15, 0.2) is 22.7 Å². The molecule has 2 rings (SSSR count). The number of hydrogen-bond donors (Lipinski definition) is 1. The van der Waals surface area contributed by atoms with E-state index >= 15 is 0 Å². The zero-order chi connectivity index (χ0) is 15.9. The van der Waals surface area contributed by atoms with Crippen LogP contribution in [-0.2, 0) is 4.74 Å². The summed E-state index contributed by atoms with van der Waals surface area (Å²) in [5, 5.41) is 13.2. The van der Waals surface area contributed by atoms with Crippen LogP contribution in [0.1, 0.15) is 19.3 Å². The van der Waals surface area contributed by atoms with Crippen molar-refractivity contribution in [1.82, 2.24) is 4.90 Å². The maximum Gasteiger partial charge on any atom is 0.173 e. The van der Waals surface area contributed by atoms with Crippen molar-refractivity contribution in [2.45, 2.75) is 25.4 Å². The summed E-state index contributed by atoms with van der Waals surface area (Å²) in [5.74, 6) is 0. The van der Waals surface area contributed by atoms with Gasteiger partial charge in [-0.3, -0.25) is 0 Å². The smallest absolute Gasteiger partial charge is 0.173 e. The van der Waals surface area contributed by atoms with Crippen molar-refractivity contribution in [2.75, 3.05) is 25.0 Å². The molecule has 1 aliphatic heterocycles. The van der Waals surface area contributed by atoms with Crippen LogP contribution < -0.4 is 5.32 Å². The molecular weight excluding hydrogens is 386 g/mol. The fourth-order valence-electron chi connectivity index (χ4n) is 2.27. The van der Waals surface area contributed by atoms with E-state index in [1.807, 2.05) is 23.1 Å². The van der Waals surface area contributed by atoms with Gasteiger partial charge in [-0.25, -0.2) is 0 Å². The summed E-state index contributed by atoms with van der Waals surface area (Å²) in [6.45, 7) is 2.10. The first-order valence-electron chi connectivity index (χ1n) is 7.09. The van der Waals surface area contributed by atoms with Crippen molar-refractivity contribution in [3.63, 3.8) is 0 Å². The van der Waals surface area contributed by atoms with Crippen LogP contribution in [0.5, 0.6) is 0 Å². The Kier molecular flexibility index (Phi) is 6.90. The number of rotatable bonds is 5. The average Bonchev–Trinajstić information content (AvgIpc) is 3.00. The molecule has 1 aromatic rings. The fourth-order valence-corrected chi connectivity index (χ4v) is 2.98. The lowest BCUT2D eigenvalue weighted by Gasteiger charge is -2.27. The molecule has 1 aliphatic rings. The molecule has 1 atom stereocenters. The van der Waals surface area contributed by atoms with Gasteiger partial charge in [0.2, 0.25) is 0 Å². The molecule has 7 heteroatoms. The quantitative estimate of drug-likeness (QED) is 0.748. The lowest BCUT2D eigenvalue weighted by atomic mass is 10.2. The Bertz CT molecular complexity index is 572. The lowest BCUT2D eigenvalue weighted by Crippen LogP contribution is -2.40. The molecule has 1 unspecified atom stereocenters. The Balaban J connectivity index is 2.00. The molecule has 1 saturated heterocycles. The minimum absolute atomic E-state index is 0.187. The van der Waals surface area contributed by atoms with Gasteiger partial charge in [-0.2, -0.15) is 5.26 Å². The minimum Gasteiger partial charge on any atom is -0.376 e. The van der Waals surface area contributed by atoms with Crippen molar-refractivity contribution in [3.05, 3.63) is 27.7 Å². The van der Waals surface area contributed by atoms with Crippen LogP contribution in [0.25, 0.3) is 0 Å². The van der Waals surface area contributed by atoms with Crippen molar-refractivity contribution in [3.8, 4) is 6.07 Å². The SMILES string of the molecule is N#CCCN(CC1CCCO1)C(=S)Nc1ccc(Br)c(Cl)c1. The Morgan fingerprint density at radius 3 is 3.05 bits per heavy atom. The minimum atomic E-state index is 0.187. The first-order valence-corrected chi connectivity index (χ1v) is 8.67. The zero-order valence-electron chi connectivity index (χ0n) is 12.0. The molecule has 0 spiro atoms. The van der Waals surface area contributed by atoms with E-state index in [-0.39, 0.29) is 6.10 Å². The van der Waals surface area contributed by atoms with E-state index in [4.69, 9.17) is 33.8 Å². The normalized spacial score (nSPS) is 17.0. The third-order valence-electron chi connectivity index (χ3n) is 3.40. The van der Waals surface area contributed by atoms with Crippen molar-refractivity contribution in [2.24, 2.45) is 0 Å². The molecule has 1 fully saturated rings. The van der Waals surface area contributed by atoms with E-state index in [9.17, 15) is 0 Å². The van der Waals surface area contributed by atoms with Gasteiger partial charge in [0.05, 0.1) is 23.6 Å². The Labute approximate surface area is 149 Å². The van der Waals surface area contributed by atoms with E-state index in [1.165, 1.54) is 0 Å². The molecular formula is C15H17BrClN3OS.